The van der Waals surface area contributed by atoms with Gasteiger partial charge in [0.15, 0.2) is 11.4 Å². The summed E-state index contributed by atoms with van der Waals surface area (Å²) in [6.45, 7) is 2.13. The quantitative estimate of drug-likeness (QED) is 0.449. The number of carbonyl (C=O) groups excluding carboxylic acids is 2. The van der Waals surface area contributed by atoms with Gasteiger partial charge in [-0.3, -0.25) is 9.59 Å². The molecule has 0 radical (unpaired) electrons. The van der Waals surface area contributed by atoms with Gasteiger partial charge in [-0.15, -0.1) is 11.3 Å². The summed E-state index contributed by atoms with van der Waals surface area (Å²) in [5.74, 6) is -4.65. The number of ether oxygens (including phenoxy) is 1. The molecule has 128 valence electrons. The van der Waals surface area contributed by atoms with Crippen LogP contribution in [0.2, 0.25) is 0 Å². The molecular weight excluding hydrogens is 335 g/mol. The highest BCUT2D eigenvalue weighted by molar-refractivity contribution is 7.12. The fraction of sp³-hybridized carbons (Fsp3) is 0.500. The highest BCUT2D eigenvalue weighted by Gasteiger charge is 2.62. The van der Waals surface area contributed by atoms with Gasteiger partial charge in [0.2, 0.25) is 0 Å². The van der Waals surface area contributed by atoms with Gasteiger partial charge in [0.25, 0.3) is 0 Å². The van der Waals surface area contributed by atoms with Crippen LogP contribution < -0.4 is 0 Å². The van der Waals surface area contributed by atoms with Crippen molar-refractivity contribution in [2.75, 3.05) is 6.61 Å². The highest BCUT2D eigenvalue weighted by atomic mass is 32.1. The lowest BCUT2D eigenvalue weighted by Gasteiger charge is -2.35. The van der Waals surface area contributed by atoms with Crippen molar-refractivity contribution in [3.8, 4) is 0 Å². The predicted molar refractivity (Wildman–Crippen MR) is 77.8 cm³/mol. The molecule has 2 N–H and O–H groups in total. The molecule has 1 aromatic heterocycles. The summed E-state index contributed by atoms with van der Waals surface area (Å²) in [5, 5.41) is 19.1. The Hall–Kier alpha value is -1.74. The first-order valence-electron chi connectivity index (χ1n) is 6.62. The average Bonchev–Trinajstić information content (AvgIpc) is 2.90. The normalized spacial score (nSPS) is 15.6. The SMILES string of the molecule is CCOC(=O)C(C(C)=N)C(O)(CC(=O)c1cccs1)C(F)(F)F. The summed E-state index contributed by atoms with van der Waals surface area (Å²) in [6, 6.07) is 2.80. The second kappa shape index (κ2) is 7.22. The minimum Gasteiger partial charge on any atom is -0.465 e. The molecular formula is C14H16F3NO4S. The van der Waals surface area contributed by atoms with Crippen LogP contribution in [0.25, 0.3) is 0 Å². The molecule has 5 nitrogen and oxygen atoms in total. The van der Waals surface area contributed by atoms with Crippen molar-refractivity contribution >= 4 is 28.8 Å². The second-order valence-corrected chi connectivity index (χ2v) is 5.82. The van der Waals surface area contributed by atoms with Gasteiger partial charge in [0.05, 0.1) is 17.9 Å². The van der Waals surface area contributed by atoms with Gasteiger partial charge in [0, 0.05) is 5.71 Å². The number of nitrogens with one attached hydrogen (secondary N) is 1. The molecule has 0 aliphatic carbocycles. The number of thiophene rings is 1. The van der Waals surface area contributed by atoms with E-state index in [-0.39, 0.29) is 11.5 Å². The first-order valence-corrected chi connectivity index (χ1v) is 7.50. The Morgan fingerprint density at radius 3 is 2.43 bits per heavy atom. The van der Waals surface area contributed by atoms with E-state index in [1.165, 1.54) is 24.4 Å². The number of carbonyl (C=O) groups is 2. The molecule has 0 fully saturated rings. The molecule has 0 aliphatic rings. The number of aliphatic hydroxyl groups is 1. The van der Waals surface area contributed by atoms with Crippen LogP contribution in [-0.2, 0) is 9.53 Å². The van der Waals surface area contributed by atoms with Crippen LogP contribution in [0.15, 0.2) is 17.5 Å². The van der Waals surface area contributed by atoms with Crippen LogP contribution in [0.4, 0.5) is 13.2 Å². The van der Waals surface area contributed by atoms with Crippen molar-refractivity contribution in [3.63, 3.8) is 0 Å². The molecule has 0 amide bonds. The number of ketones is 1. The Morgan fingerprint density at radius 1 is 1.43 bits per heavy atom. The molecule has 0 bridgehead atoms. The van der Waals surface area contributed by atoms with Crippen molar-refractivity contribution in [2.24, 2.45) is 5.92 Å². The third-order valence-corrected chi connectivity index (χ3v) is 4.06. The third-order valence-electron chi connectivity index (χ3n) is 3.15. The van der Waals surface area contributed by atoms with Crippen molar-refractivity contribution in [3.05, 3.63) is 22.4 Å². The lowest BCUT2D eigenvalue weighted by atomic mass is 9.79. The van der Waals surface area contributed by atoms with E-state index >= 15 is 0 Å². The Balaban J connectivity index is 3.26. The summed E-state index contributed by atoms with van der Waals surface area (Å²) in [5.41, 5.74) is -4.44. The minimum absolute atomic E-state index is 0.0258. The Morgan fingerprint density at radius 2 is 2.04 bits per heavy atom. The van der Waals surface area contributed by atoms with E-state index in [4.69, 9.17) is 5.41 Å². The molecule has 2 unspecified atom stereocenters. The Bertz CT molecular complexity index is 585. The smallest absolute Gasteiger partial charge is 0.418 e. The van der Waals surface area contributed by atoms with Gasteiger partial charge in [-0.1, -0.05) is 6.07 Å². The molecule has 0 saturated carbocycles. The summed E-state index contributed by atoms with van der Waals surface area (Å²) < 4.78 is 44.8. The molecule has 1 heterocycles. The Kier molecular flexibility index (Phi) is 6.06. The molecule has 9 heteroatoms. The van der Waals surface area contributed by atoms with E-state index < -0.39 is 41.6 Å². The van der Waals surface area contributed by atoms with E-state index in [1.807, 2.05) is 0 Å². The minimum atomic E-state index is -5.29. The predicted octanol–water partition coefficient (Wildman–Crippen LogP) is 2.83. The number of alkyl halides is 3. The van der Waals surface area contributed by atoms with E-state index in [0.717, 1.165) is 18.3 Å². The van der Waals surface area contributed by atoms with Crippen LogP contribution in [0.3, 0.4) is 0 Å². The molecule has 0 spiro atoms. The lowest BCUT2D eigenvalue weighted by Crippen LogP contribution is -2.57. The number of hydrogen-bond donors (Lipinski definition) is 2. The van der Waals surface area contributed by atoms with Gasteiger partial charge < -0.3 is 15.3 Å². The largest absolute Gasteiger partial charge is 0.465 e. The number of Topliss-reactive ketones (excluding diaryl/α,β-unsaturated/α-hetero) is 1. The van der Waals surface area contributed by atoms with E-state index in [2.05, 4.69) is 4.74 Å². The van der Waals surface area contributed by atoms with Gasteiger partial charge in [-0.25, -0.2) is 0 Å². The van der Waals surface area contributed by atoms with Crippen LogP contribution in [-0.4, -0.2) is 41.0 Å². The van der Waals surface area contributed by atoms with E-state index in [0.29, 0.717) is 0 Å². The van der Waals surface area contributed by atoms with Crippen molar-refractivity contribution in [1.29, 1.82) is 5.41 Å². The maximum atomic E-state index is 13.4. The fourth-order valence-electron chi connectivity index (χ4n) is 2.09. The average molecular weight is 351 g/mol. The summed E-state index contributed by atoms with van der Waals surface area (Å²) in [4.78, 5) is 23.8. The Labute approximate surface area is 134 Å². The summed E-state index contributed by atoms with van der Waals surface area (Å²) >= 11 is 0.923. The maximum absolute atomic E-state index is 13.4. The topological polar surface area (TPSA) is 87.5 Å². The first kappa shape index (κ1) is 19.3. The monoisotopic (exact) mass is 351 g/mol. The number of esters is 1. The zero-order chi connectivity index (χ0) is 17.8. The molecule has 1 aromatic rings. The molecule has 0 aliphatic heterocycles. The summed E-state index contributed by atoms with van der Waals surface area (Å²) in [7, 11) is 0. The zero-order valence-corrected chi connectivity index (χ0v) is 13.3. The fourth-order valence-corrected chi connectivity index (χ4v) is 2.76. The van der Waals surface area contributed by atoms with Crippen LogP contribution in [0, 0.1) is 11.3 Å². The standard InChI is InChI=1S/C14H16F3NO4S/c1-3-22-12(20)11(8(2)18)13(21,14(15,16)17)7-9(19)10-5-4-6-23-10/h4-6,11,18,21H,3,7H2,1-2H3. The van der Waals surface area contributed by atoms with E-state index in [1.54, 1.807) is 0 Å². The number of rotatable bonds is 7. The van der Waals surface area contributed by atoms with Gasteiger partial charge in [-0.05, 0) is 25.3 Å². The number of halogens is 3. The van der Waals surface area contributed by atoms with Crippen molar-refractivity contribution in [1.82, 2.24) is 0 Å². The third kappa shape index (κ3) is 4.17. The zero-order valence-electron chi connectivity index (χ0n) is 12.4. The maximum Gasteiger partial charge on any atom is 0.418 e. The molecule has 2 atom stereocenters. The molecule has 1 rings (SSSR count). The van der Waals surface area contributed by atoms with Crippen LogP contribution >= 0.6 is 11.3 Å². The van der Waals surface area contributed by atoms with Gasteiger partial charge in [0.1, 0.15) is 5.92 Å². The van der Waals surface area contributed by atoms with Crippen LogP contribution in [0.5, 0.6) is 0 Å². The summed E-state index contributed by atoms with van der Waals surface area (Å²) in [6.07, 6.45) is -6.66. The van der Waals surface area contributed by atoms with Gasteiger partial charge in [-0.2, -0.15) is 13.2 Å². The number of hydrogen-bond acceptors (Lipinski definition) is 6. The van der Waals surface area contributed by atoms with Crippen molar-refractivity contribution < 1.29 is 32.6 Å². The second-order valence-electron chi connectivity index (χ2n) is 4.87. The molecule has 0 saturated heterocycles. The van der Waals surface area contributed by atoms with Gasteiger partial charge >= 0.3 is 12.1 Å². The molecule has 23 heavy (non-hydrogen) atoms. The van der Waals surface area contributed by atoms with Crippen molar-refractivity contribution in [2.45, 2.75) is 32.0 Å². The van der Waals surface area contributed by atoms with E-state index in [9.17, 15) is 27.9 Å². The highest BCUT2D eigenvalue weighted by Crippen LogP contribution is 2.41. The first-order chi connectivity index (χ1) is 10.5. The lowest BCUT2D eigenvalue weighted by molar-refractivity contribution is -0.270. The van der Waals surface area contributed by atoms with Crippen LogP contribution in [0.1, 0.15) is 29.9 Å². The molecule has 0 aromatic carbocycles.